The highest BCUT2D eigenvalue weighted by Gasteiger charge is 2.25. The summed E-state index contributed by atoms with van der Waals surface area (Å²) in [7, 11) is 3.10. The Morgan fingerprint density at radius 2 is 1.64 bits per heavy atom. The van der Waals surface area contributed by atoms with Crippen LogP contribution in [0.3, 0.4) is 0 Å². The normalized spacial score (nSPS) is 14.0. The summed E-state index contributed by atoms with van der Waals surface area (Å²) in [5.41, 5.74) is 2.38. The van der Waals surface area contributed by atoms with Crippen LogP contribution < -0.4 is 9.47 Å². The number of pyridine rings is 1. The topological polar surface area (TPSA) is 72.0 Å². The number of nitrogens with zero attached hydrogens (tertiary/aromatic N) is 3. The van der Waals surface area contributed by atoms with Gasteiger partial charge in [0.25, 0.3) is 5.91 Å². The fraction of sp³-hybridized carbons (Fsp3) is 0.381. The van der Waals surface area contributed by atoms with Gasteiger partial charge in [-0.2, -0.15) is 0 Å². The summed E-state index contributed by atoms with van der Waals surface area (Å²) in [5, 5.41) is 0. The smallest absolute Gasteiger partial charge is 0.254 e. The molecule has 2 amide bonds. The van der Waals surface area contributed by atoms with Crippen LogP contribution in [0.4, 0.5) is 0 Å². The first-order valence-corrected chi connectivity index (χ1v) is 9.22. The third-order valence-corrected chi connectivity index (χ3v) is 4.88. The zero-order valence-corrected chi connectivity index (χ0v) is 16.5. The molecule has 1 aromatic carbocycles. The Morgan fingerprint density at radius 3 is 2.25 bits per heavy atom. The van der Waals surface area contributed by atoms with E-state index in [0.717, 1.165) is 11.3 Å². The predicted octanol–water partition coefficient (Wildman–Crippen LogP) is 1.93. The SMILES string of the molecule is COc1ccc(C(=O)N2CCN(C(=O)Cc3ccc(C)nc3)CC2)cc1OC. The number of amides is 2. The van der Waals surface area contributed by atoms with Crippen LogP contribution in [0.2, 0.25) is 0 Å². The Labute approximate surface area is 164 Å². The number of ether oxygens (including phenoxy) is 2. The van der Waals surface area contributed by atoms with Crippen LogP contribution in [0.5, 0.6) is 11.5 Å². The summed E-state index contributed by atoms with van der Waals surface area (Å²) < 4.78 is 10.5. The first-order chi connectivity index (χ1) is 13.5. The zero-order valence-electron chi connectivity index (χ0n) is 16.5. The van der Waals surface area contributed by atoms with Gasteiger partial charge in [0.05, 0.1) is 20.6 Å². The first kappa shape index (κ1) is 19.7. The molecule has 2 aromatic rings. The molecule has 0 atom stereocenters. The number of carbonyl (C=O) groups is 2. The average Bonchev–Trinajstić information content (AvgIpc) is 2.74. The van der Waals surface area contributed by atoms with Crippen LogP contribution >= 0.6 is 0 Å². The zero-order chi connectivity index (χ0) is 20.1. The number of piperazine rings is 1. The number of aryl methyl sites for hydroxylation is 1. The van der Waals surface area contributed by atoms with Gasteiger partial charge in [0.1, 0.15) is 0 Å². The van der Waals surface area contributed by atoms with Crippen molar-refractivity contribution in [2.24, 2.45) is 0 Å². The maximum Gasteiger partial charge on any atom is 0.254 e. The molecule has 7 nitrogen and oxygen atoms in total. The molecule has 0 aliphatic carbocycles. The number of rotatable bonds is 5. The van der Waals surface area contributed by atoms with Crippen molar-refractivity contribution in [1.29, 1.82) is 0 Å². The highest BCUT2D eigenvalue weighted by molar-refractivity contribution is 5.95. The Morgan fingerprint density at radius 1 is 0.964 bits per heavy atom. The molecule has 1 aliphatic heterocycles. The van der Waals surface area contributed by atoms with Crippen molar-refractivity contribution >= 4 is 11.8 Å². The maximum atomic E-state index is 12.8. The van der Waals surface area contributed by atoms with Gasteiger partial charge in [-0.15, -0.1) is 0 Å². The third-order valence-electron chi connectivity index (χ3n) is 4.88. The van der Waals surface area contributed by atoms with E-state index in [1.54, 1.807) is 48.4 Å². The lowest BCUT2D eigenvalue weighted by atomic mass is 10.1. The largest absolute Gasteiger partial charge is 0.493 e. The molecule has 0 N–H and O–H groups in total. The van der Waals surface area contributed by atoms with E-state index in [1.807, 2.05) is 19.1 Å². The lowest BCUT2D eigenvalue weighted by Gasteiger charge is -2.35. The summed E-state index contributed by atoms with van der Waals surface area (Å²) in [4.78, 5) is 33.1. The molecule has 0 radical (unpaired) electrons. The van der Waals surface area contributed by atoms with E-state index in [9.17, 15) is 9.59 Å². The van der Waals surface area contributed by atoms with Gasteiger partial charge in [0.15, 0.2) is 11.5 Å². The van der Waals surface area contributed by atoms with Crippen molar-refractivity contribution in [3.63, 3.8) is 0 Å². The number of aromatic nitrogens is 1. The van der Waals surface area contributed by atoms with Gasteiger partial charge in [-0.05, 0) is 36.8 Å². The molecular formula is C21H25N3O4. The van der Waals surface area contributed by atoms with Crippen molar-refractivity contribution in [3.05, 3.63) is 53.3 Å². The van der Waals surface area contributed by atoms with Crippen molar-refractivity contribution in [2.75, 3.05) is 40.4 Å². The molecular weight excluding hydrogens is 358 g/mol. The lowest BCUT2D eigenvalue weighted by Crippen LogP contribution is -2.51. The minimum Gasteiger partial charge on any atom is -0.493 e. The minimum absolute atomic E-state index is 0.0591. The Balaban J connectivity index is 1.58. The van der Waals surface area contributed by atoms with Gasteiger partial charge in [-0.25, -0.2) is 0 Å². The van der Waals surface area contributed by atoms with E-state index in [2.05, 4.69) is 4.98 Å². The number of methoxy groups -OCH3 is 2. The second-order valence-corrected chi connectivity index (χ2v) is 6.73. The number of hydrogen-bond donors (Lipinski definition) is 0. The van der Waals surface area contributed by atoms with Crippen molar-refractivity contribution in [2.45, 2.75) is 13.3 Å². The lowest BCUT2D eigenvalue weighted by molar-refractivity contribution is -0.131. The van der Waals surface area contributed by atoms with Gasteiger partial charge in [0, 0.05) is 43.6 Å². The molecule has 1 aromatic heterocycles. The molecule has 1 saturated heterocycles. The van der Waals surface area contributed by atoms with E-state index in [1.165, 1.54) is 0 Å². The van der Waals surface area contributed by atoms with Crippen LogP contribution in [0.15, 0.2) is 36.5 Å². The minimum atomic E-state index is -0.0733. The van der Waals surface area contributed by atoms with Crippen molar-refractivity contribution < 1.29 is 19.1 Å². The quantitative estimate of drug-likeness (QED) is 0.789. The van der Waals surface area contributed by atoms with Crippen LogP contribution in [0.25, 0.3) is 0 Å². The fourth-order valence-electron chi connectivity index (χ4n) is 3.20. The summed E-state index contributed by atoms with van der Waals surface area (Å²) in [6.45, 7) is 3.98. The third kappa shape index (κ3) is 4.42. The van der Waals surface area contributed by atoms with E-state index in [4.69, 9.17) is 9.47 Å². The molecule has 0 unspecified atom stereocenters. The predicted molar refractivity (Wildman–Crippen MR) is 105 cm³/mol. The van der Waals surface area contributed by atoms with Crippen molar-refractivity contribution in [3.8, 4) is 11.5 Å². The second-order valence-electron chi connectivity index (χ2n) is 6.73. The second kappa shape index (κ2) is 8.73. The molecule has 1 fully saturated rings. The molecule has 3 rings (SSSR count). The molecule has 2 heterocycles. The summed E-state index contributed by atoms with van der Waals surface area (Å²) in [6, 6.07) is 8.97. The average molecular weight is 383 g/mol. The highest BCUT2D eigenvalue weighted by Crippen LogP contribution is 2.28. The molecule has 7 heteroatoms. The van der Waals surface area contributed by atoms with Crippen LogP contribution in [0, 0.1) is 6.92 Å². The maximum absolute atomic E-state index is 12.8. The Kier molecular flexibility index (Phi) is 6.13. The molecule has 28 heavy (non-hydrogen) atoms. The summed E-state index contributed by atoms with van der Waals surface area (Å²) in [5.74, 6) is 1.09. The molecule has 1 aliphatic rings. The van der Waals surface area contributed by atoms with Gasteiger partial charge in [-0.1, -0.05) is 6.07 Å². The van der Waals surface area contributed by atoms with E-state index in [0.29, 0.717) is 49.7 Å². The molecule has 0 saturated carbocycles. The van der Waals surface area contributed by atoms with Crippen LogP contribution in [-0.2, 0) is 11.2 Å². The van der Waals surface area contributed by atoms with Gasteiger partial charge < -0.3 is 19.3 Å². The number of carbonyl (C=O) groups excluding carboxylic acids is 2. The standard InChI is InChI=1S/C21H25N3O4/c1-15-4-5-16(14-22-15)12-20(25)23-8-10-24(11-9-23)21(26)17-6-7-18(27-2)19(13-17)28-3/h4-7,13-14H,8-12H2,1-3H3. The Bertz CT molecular complexity index is 843. The van der Waals surface area contributed by atoms with Gasteiger partial charge >= 0.3 is 0 Å². The monoisotopic (exact) mass is 383 g/mol. The van der Waals surface area contributed by atoms with Crippen LogP contribution in [0.1, 0.15) is 21.6 Å². The molecule has 0 spiro atoms. The van der Waals surface area contributed by atoms with E-state index >= 15 is 0 Å². The summed E-state index contributed by atoms with van der Waals surface area (Å²) in [6.07, 6.45) is 2.07. The molecule has 0 bridgehead atoms. The van der Waals surface area contributed by atoms with E-state index in [-0.39, 0.29) is 11.8 Å². The van der Waals surface area contributed by atoms with Gasteiger partial charge in [0.2, 0.25) is 5.91 Å². The Hall–Kier alpha value is -3.09. The highest BCUT2D eigenvalue weighted by atomic mass is 16.5. The summed E-state index contributed by atoms with van der Waals surface area (Å²) >= 11 is 0. The number of benzene rings is 1. The molecule has 148 valence electrons. The fourth-order valence-corrected chi connectivity index (χ4v) is 3.20. The van der Waals surface area contributed by atoms with Crippen LogP contribution in [-0.4, -0.2) is 67.0 Å². The first-order valence-electron chi connectivity index (χ1n) is 9.22. The van der Waals surface area contributed by atoms with E-state index < -0.39 is 0 Å². The van der Waals surface area contributed by atoms with Gasteiger partial charge in [-0.3, -0.25) is 14.6 Å². The number of hydrogen-bond acceptors (Lipinski definition) is 5. The van der Waals surface area contributed by atoms with Crippen molar-refractivity contribution in [1.82, 2.24) is 14.8 Å².